The second-order valence-corrected chi connectivity index (χ2v) is 7.25. The van der Waals surface area contributed by atoms with E-state index in [1.807, 2.05) is 0 Å². The number of rotatable bonds is 7. The van der Waals surface area contributed by atoms with Crippen LogP contribution in [-0.4, -0.2) is 17.6 Å². The van der Waals surface area contributed by atoms with E-state index in [9.17, 15) is 0 Å². The van der Waals surface area contributed by atoms with E-state index in [0.717, 1.165) is 24.4 Å². The van der Waals surface area contributed by atoms with Crippen molar-refractivity contribution in [1.29, 1.82) is 0 Å². The van der Waals surface area contributed by atoms with Crippen LogP contribution in [0.5, 0.6) is 0 Å². The molecule has 1 atom stereocenters. The van der Waals surface area contributed by atoms with E-state index >= 15 is 0 Å². The fourth-order valence-electron chi connectivity index (χ4n) is 2.59. The number of thiazole rings is 1. The molecule has 0 bridgehead atoms. The lowest BCUT2D eigenvalue weighted by atomic mass is 9.94. The van der Waals surface area contributed by atoms with Crippen molar-refractivity contribution in [3.05, 3.63) is 51.5 Å². The van der Waals surface area contributed by atoms with Crippen LogP contribution in [0, 0.1) is 19.8 Å². The molecule has 0 aliphatic carbocycles. The Balaban J connectivity index is 2.04. The lowest BCUT2D eigenvalue weighted by molar-refractivity contribution is 0.441. The summed E-state index contributed by atoms with van der Waals surface area (Å²) in [5, 5.41) is 6.95. The van der Waals surface area contributed by atoms with Crippen LogP contribution in [0.15, 0.2) is 29.6 Å². The van der Waals surface area contributed by atoms with Crippen LogP contribution >= 0.6 is 11.3 Å². The van der Waals surface area contributed by atoms with E-state index in [4.69, 9.17) is 0 Å². The number of nitrogens with zero attached hydrogens (tertiary/aromatic N) is 1. The highest BCUT2D eigenvalue weighted by molar-refractivity contribution is 7.09. The van der Waals surface area contributed by atoms with E-state index in [2.05, 4.69) is 67.6 Å². The Morgan fingerprint density at radius 3 is 2.62 bits per heavy atom. The summed E-state index contributed by atoms with van der Waals surface area (Å²) in [7, 11) is 0. The molecule has 0 radical (unpaired) electrons. The lowest BCUT2D eigenvalue weighted by Crippen LogP contribution is -2.31. The van der Waals surface area contributed by atoms with Gasteiger partial charge in [-0.3, -0.25) is 0 Å². The third kappa shape index (κ3) is 5.60. The average Bonchev–Trinajstić information content (AvgIpc) is 2.81. The zero-order valence-corrected chi connectivity index (χ0v) is 14.3. The van der Waals surface area contributed by atoms with E-state index in [0.29, 0.717) is 12.0 Å². The first kappa shape index (κ1) is 16.2. The number of nitrogens with one attached hydrogen (secondary N) is 1. The van der Waals surface area contributed by atoms with E-state index in [1.54, 1.807) is 11.3 Å². The maximum absolute atomic E-state index is 4.63. The van der Waals surface area contributed by atoms with Gasteiger partial charge in [-0.15, -0.1) is 11.3 Å². The Bertz CT molecular complexity index is 560. The molecule has 1 unspecified atom stereocenters. The third-order valence-corrected chi connectivity index (χ3v) is 4.41. The normalized spacial score (nSPS) is 12.8. The van der Waals surface area contributed by atoms with Gasteiger partial charge in [-0.2, -0.15) is 0 Å². The SMILES string of the molecule is Cc1cccc(CC(CNC(C)C)Cc2csc(C)n2)c1. The molecular formula is C18H26N2S. The van der Waals surface area contributed by atoms with Crippen LogP contribution in [0.2, 0.25) is 0 Å². The minimum atomic E-state index is 0.530. The summed E-state index contributed by atoms with van der Waals surface area (Å²) in [6.45, 7) is 9.69. The molecule has 0 fully saturated rings. The summed E-state index contributed by atoms with van der Waals surface area (Å²) >= 11 is 1.75. The Hall–Kier alpha value is -1.19. The molecule has 0 aliphatic heterocycles. The summed E-state index contributed by atoms with van der Waals surface area (Å²) in [5.74, 6) is 0.593. The topological polar surface area (TPSA) is 24.9 Å². The van der Waals surface area contributed by atoms with Gasteiger partial charge in [-0.1, -0.05) is 43.7 Å². The minimum absolute atomic E-state index is 0.530. The van der Waals surface area contributed by atoms with Crippen molar-refractivity contribution in [2.75, 3.05) is 6.54 Å². The van der Waals surface area contributed by atoms with E-state index in [1.165, 1.54) is 16.8 Å². The highest BCUT2D eigenvalue weighted by atomic mass is 32.1. The highest BCUT2D eigenvalue weighted by Crippen LogP contribution is 2.17. The molecule has 1 heterocycles. The molecule has 114 valence electrons. The predicted octanol–water partition coefficient (Wildman–Crippen LogP) is 4.16. The average molecular weight is 302 g/mol. The van der Waals surface area contributed by atoms with Gasteiger partial charge in [0.2, 0.25) is 0 Å². The fourth-order valence-corrected chi connectivity index (χ4v) is 3.21. The largest absolute Gasteiger partial charge is 0.314 e. The van der Waals surface area contributed by atoms with Crippen molar-refractivity contribution in [2.24, 2.45) is 5.92 Å². The lowest BCUT2D eigenvalue weighted by Gasteiger charge is -2.19. The third-order valence-electron chi connectivity index (χ3n) is 3.59. The molecule has 1 aromatic heterocycles. The molecule has 1 aromatic carbocycles. The van der Waals surface area contributed by atoms with Gasteiger partial charge >= 0.3 is 0 Å². The molecule has 0 saturated heterocycles. The minimum Gasteiger partial charge on any atom is -0.314 e. The Kier molecular flexibility index (Phi) is 5.95. The predicted molar refractivity (Wildman–Crippen MR) is 92.1 cm³/mol. The summed E-state index contributed by atoms with van der Waals surface area (Å²) < 4.78 is 0. The number of aryl methyl sites for hydroxylation is 2. The number of hydrogen-bond donors (Lipinski definition) is 1. The van der Waals surface area contributed by atoms with Crippen LogP contribution in [-0.2, 0) is 12.8 Å². The van der Waals surface area contributed by atoms with Crippen LogP contribution in [0.3, 0.4) is 0 Å². The Morgan fingerprint density at radius 2 is 2.00 bits per heavy atom. The first-order valence-corrected chi connectivity index (χ1v) is 8.61. The zero-order valence-electron chi connectivity index (χ0n) is 13.5. The highest BCUT2D eigenvalue weighted by Gasteiger charge is 2.13. The van der Waals surface area contributed by atoms with E-state index < -0.39 is 0 Å². The molecule has 0 aliphatic rings. The van der Waals surface area contributed by atoms with Gasteiger partial charge in [0.1, 0.15) is 0 Å². The molecule has 0 saturated carbocycles. The summed E-state index contributed by atoms with van der Waals surface area (Å²) in [4.78, 5) is 4.63. The van der Waals surface area contributed by atoms with Crippen molar-refractivity contribution in [3.8, 4) is 0 Å². The summed E-state index contributed by atoms with van der Waals surface area (Å²) in [6.07, 6.45) is 2.16. The molecule has 2 nitrogen and oxygen atoms in total. The monoisotopic (exact) mass is 302 g/mol. The van der Waals surface area contributed by atoms with Crippen LogP contribution in [0.1, 0.15) is 35.7 Å². The van der Waals surface area contributed by atoms with Gasteiger partial charge in [0.25, 0.3) is 0 Å². The van der Waals surface area contributed by atoms with Crippen molar-refractivity contribution >= 4 is 11.3 Å². The van der Waals surface area contributed by atoms with Crippen molar-refractivity contribution in [1.82, 2.24) is 10.3 Å². The molecular weight excluding hydrogens is 276 g/mol. The quantitative estimate of drug-likeness (QED) is 0.830. The van der Waals surface area contributed by atoms with Crippen LogP contribution < -0.4 is 5.32 Å². The molecule has 0 amide bonds. The van der Waals surface area contributed by atoms with Gasteiger partial charge in [-0.05, 0) is 44.7 Å². The van der Waals surface area contributed by atoms with Crippen molar-refractivity contribution in [2.45, 2.75) is 46.6 Å². The Morgan fingerprint density at radius 1 is 1.19 bits per heavy atom. The van der Waals surface area contributed by atoms with Gasteiger partial charge < -0.3 is 5.32 Å². The van der Waals surface area contributed by atoms with Crippen molar-refractivity contribution < 1.29 is 0 Å². The van der Waals surface area contributed by atoms with Gasteiger partial charge in [0.05, 0.1) is 10.7 Å². The summed E-state index contributed by atoms with van der Waals surface area (Å²) in [6, 6.07) is 9.39. The van der Waals surface area contributed by atoms with Crippen LogP contribution in [0.25, 0.3) is 0 Å². The Labute approximate surface area is 132 Å². The molecule has 0 spiro atoms. The number of aromatic nitrogens is 1. The molecule has 21 heavy (non-hydrogen) atoms. The first-order chi connectivity index (χ1) is 10.0. The standard InChI is InChI=1S/C18H26N2S/c1-13(2)19-11-17(10-18-12-21-15(4)20-18)9-16-7-5-6-14(3)8-16/h5-8,12-13,17,19H,9-11H2,1-4H3. The molecule has 1 N–H and O–H groups in total. The maximum atomic E-state index is 4.63. The molecule has 3 heteroatoms. The van der Waals surface area contributed by atoms with Crippen molar-refractivity contribution in [3.63, 3.8) is 0 Å². The maximum Gasteiger partial charge on any atom is 0.0897 e. The van der Waals surface area contributed by atoms with Crippen LogP contribution in [0.4, 0.5) is 0 Å². The first-order valence-electron chi connectivity index (χ1n) is 7.73. The molecule has 2 rings (SSSR count). The zero-order chi connectivity index (χ0) is 15.2. The molecule has 2 aromatic rings. The number of benzene rings is 1. The second-order valence-electron chi connectivity index (χ2n) is 6.18. The smallest absolute Gasteiger partial charge is 0.0897 e. The van der Waals surface area contributed by atoms with Gasteiger partial charge in [0.15, 0.2) is 0 Å². The van der Waals surface area contributed by atoms with Gasteiger partial charge in [-0.25, -0.2) is 4.98 Å². The fraction of sp³-hybridized carbons (Fsp3) is 0.500. The number of hydrogen-bond acceptors (Lipinski definition) is 3. The van der Waals surface area contributed by atoms with E-state index in [-0.39, 0.29) is 0 Å². The van der Waals surface area contributed by atoms with Gasteiger partial charge in [0, 0.05) is 11.4 Å². The summed E-state index contributed by atoms with van der Waals surface area (Å²) in [5.41, 5.74) is 4.01. The second kappa shape index (κ2) is 7.71.